The van der Waals surface area contributed by atoms with Crippen LogP contribution in [0.3, 0.4) is 0 Å². The van der Waals surface area contributed by atoms with E-state index in [1.165, 1.54) is 19.2 Å². The normalized spacial score (nSPS) is 19.1. The molecular weight excluding hydrogens is 538 g/mol. The van der Waals surface area contributed by atoms with Gasteiger partial charge in [-0.05, 0) is 49.5 Å². The van der Waals surface area contributed by atoms with Gasteiger partial charge in [0.15, 0.2) is 11.5 Å². The second-order valence-electron chi connectivity index (χ2n) is 9.96. The van der Waals surface area contributed by atoms with Crippen LogP contribution in [0.4, 0.5) is 23.4 Å². The third-order valence-electron chi connectivity index (χ3n) is 7.03. The van der Waals surface area contributed by atoms with Crippen LogP contribution in [0.25, 0.3) is 0 Å². The molecule has 9 nitrogen and oxygen atoms in total. The summed E-state index contributed by atoms with van der Waals surface area (Å²) in [5.41, 5.74) is 6.74. The van der Waals surface area contributed by atoms with Crippen LogP contribution >= 0.6 is 0 Å². The van der Waals surface area contributed by atoms with Gasteiger partial charge < -0.3 is 30.0 Å². The number of aromatic nitrogens is 1. The van der Waals surface area contributed by atoms with Gasteiger partial charge in [-0.25, -0.2) is 14.2 Å². The van der Waals surface area contributed by atoms with Crippen molar-refractivity contribution in [3.8, 4) is 17.2 Å². The molecule has 0 atom stereocenters. The van der Waals surface area contributed by atoms with Crippen molar-refractivity contribution in [2.45, 2.75) is 44.7 Å². The lowest BCUT2D eigenvalue weighted by Gasteiger charge is -2.33. The Morgan fingerprint density at radius 3 is 2.20 bits per heavy atom. The van der Waals surface area contributed by atoms with Gasteiger partial charge in [-0.15, -0.1) is 0 Å². The van der Waals surface area contributed by atoms with Crippen molar-refractivity contribution in [1.29, 1.82) is 0 Å². The summed E-state index contributed by atoms with van der Waals surface area (Å²) in [5, 5.41) is 7.12. The molecule has 2 aliphatic rings. The molecular formula is C27H33F4N3O6. The first-order chi connectivity index (χ1) is 18.8. The fourth-order valence-corrected chi connectivity index (χ4v) is 4.89. The number of likely N-dealkylation sites (tertiary alicyclic amines) is 1. The van der Waals surface area contributed by atoms with Gasteiger partial charge in [0.2, 0.25) is 0 Å². The Morgan fingerprint density at radius 1 is 1.07 bits per heavy atom. The molecule has 1 aromatic heterocycles. The number of hydrogen-bond donors (Lipinski definition) is 2. The number of carboxylic acids is 1. The molecule has 1 amide bonds. The van der Waals surface area contributed by atoms with Crippen molar-refractivity contribution in [1.82, 2.24) is 9.88 Å². The van der Waals surface area contributed by atoms with Crippen molar-refractivity contribution in [2.75, 3.05) is 39.6 Å². The smallest absolute Gasteiger partial charge is 0.490 e. The topological polar surface area (TPSA) is 124 Å². The number of amides is 1. The van der Waals surface area contributed by atoms with Crippen LogP contribution in [-0.4, -0.2) is 67.0 Å². The first kappa shape index (κ1) is 30.8. The molecule has 220 valence electrons. The number of piperidine rings is 1. The summed E-state index contributed by atoms with van der Waals surface area (Å²) in [5.74, 6) is -0.460. The maximum Gasteiger partial charge on any atom is 0.490 e. The molecule has 0 unspecified atom stereocenters. The van der Waals surface area contributed by atoms with Crippen molar-refractivity contribution in [3.63, 3.8) is 0 Å². The van der Waals surface area contributed by atoms with E-state index in [2.05, 4.69) is 11.9 Å². The lowest BCUT2D eigenvalue weighted by atomic mass is 9.77. The first-order valence-corrected chi connectivity index (χ1v) is 12.7. The minimum atomic E-state index is -5.08. The van der Waals surface area contributed by atoms with Gasteiger partial charge in [0.25, 0.3) is 5.91 Å². The zero-order valence-corrected chi connectivity index (χ0v) is 22.5. The standard InChI is InChI=1S/C25H32FN3O4.C2HF3O2/c1-15-8-16(9-15)14-33-23-11-20(26)18(10-22(23)32-3)25(30)29-6-4-17(5-7-29)19-13-28-24(27)12-21(19)31-2;3-2(4,5)1(6)7/h10-13,15-17H,4-9,14H2,1-3H3,(H2,27,28);(H,6,7). The maximum atomic E-state index is 14.9. The summed E-state index contributed by atoms with van der Waals surface area (Å²) >= 11 is 0. The van der Waals surface area contributed by atoms with Crippen LogP contribution in [0, 0.1) is 17.7 Å². The van der Waals surface area contributed by atoms with Crippen molar-refractivity contribution < 1.29 is 46.5 Å². The molecule has 4 rings (SSSR count). The van der Waals surface area contributed by atoms with Crippen molar-refractivity contribution in [2.24, 2.45) is 11.8 Å². The summed E-state index contributed by atoms with van der Waals surface area (Å²) in [7, 11) is 3.10. The number of nitrogens with two attached hydrogens (primary N) is 1. The molecule has 1 aromatic carbocycles. The lowest BCUT2D eigenvalue weighted by Crippen LogP contribution is -2.38. The molecule has 2 aromatic rings. The Morgan fingerprint density at radius 2 is 1.68 bits per heavy atom. The number of carboxylic acid groups (broad SMARTS) is 1. The molecule has 1 aliphatic carbocycles. The zero-order chi connectivity index (χ0) is 29.6. The fourth-order valence-electron chi connectivity index (χ4n) is 4.89. The highest BCUT2D eigenvalue weighted by molar-refractivity contribution is 5.95. The van der Waals surface area contributed by atoms with E-state index in [1.54, 1.807) is 24.3 Å². The highest BCUT2D eigenvalue weighted by Gasteiger charge is 2.38. The van der Waals surface area contributed by atoms with Gasteiger partial charge in [0.05, 0.1) is 26.4 Å². The molecule has 40 heavy (non-hydrogen) atoms. The molecule has 0 radical (unpaired) electrons. The number of aliphatic carboxylic acids is 1. The Balaban J connectivity index is 0.000000559. The van der Waals surface area contributed by atoms with E-state index in [9.17, 15) is 22.4 Å². The number of carbonyl (C=O) groups excluding carboxylic acids is 1. The average Bonchev–Trinajstić information content (AvgIpc) is 2.90. The van der Waals surface area contributed by atoms with Crippen molar-refractivity contribution in [3.05, 3.63) is 41.3 Å². The summed E-state index contributed by atoms with van der Waals surface area (Å²) in [6, 6.07) is 4.44. The zero-order valence-electron chi connectivity index (χ0n) is 22.5. The van der Waals surface area contributed by atoms with E-state index in [1.807, 2.05) is 0 Å². The largest absolute Gasteiger partial charge is 0.496 e. The van der Waals surface area contributed by atoms with Gasteiger partial charge in [-0.2, -0.15) is 13.2 Å². The number of halogens is 4. The minimum absolute atomic E-state index is 0.00153. The molecule has 0 spiro atoms. The van der Waals surface area contributed by atoms with Crippen LogP contribution in [0.15, 0.2) is 24.4 Å². The van der Waals surface area contributed by atoms with Gasteiger partial charge in [-0.1, -0.05) is 6.92 Å². The molecule has 1 saturated carbocycles. The van der Waals surface area contributed by atoms with Crippen LogP contribution in [-0.2, 0) is 4.79 Å². The molecule has 1 aliphatic heterocycles. The summed E-state index contributed by atoms with van der Waals surface area (Å²) in [4.78, 5) is 27.9. The highest BCUT2D eigenvalue weighted by atomic mass is 19.4. The maximum absolute atomic E-state index is 14.9. The van der Waals surface area contributed by atoms with Gasteiger partial charge in [-0.3, -0.25) is 4.79 Å². The average molecular weight is 572 g/mol. The molecule has 3 N–H and O–H groups in total. The first-order valence-electron chi connectivity index (χ1n) is 12.7. The number of nitrogen functional groups attached to an aromatic ring is 1. The second-order valence-corrected chi connectivity index (χ2v) is 9.96. The quantitative estimate of drug-likeness (QED) is 0.450. The number of pyridine rings is 1. The number of ether oxygens (including phenoxy) is 3. The van der Waals surface area contributed by atoms with E-state index < -0.39 is 18.0 Å². The fraction of sp³-hybridized carbons (Fsp3) is 0.519. The molecule has 2 fully saturated rings. The molecule has 2 heterocycles. The van der Waals surface area contributed by atoms with Crippen LogP contribution < -0.4 is 19.9 Å². The summed E-state index contributed by atoms with van der Waals surface area (Å²) < 4.78 is 63.3. The number of nitrogens with zero attached hydrogens (tertiary/aromatic N) is 2. The second kappa shape index (κ2) is 13.1. The number of carbonyl (C=O) groups is 2. The highest BCUT2D eigenvalue weighted by Crippen LogP contribution is 2.37. The van der Waals surface area contributed by atoms with Gasteiger partial charge in [0, 0.05) is 37.0 Å². The van der Waals surface area contributed by atoms with E-state index in [0.29, 0.717) is 48.7 Å². The predicted octanol–water partition coefficient (Wildman–Crippen LogP) is 4.90. The van der Waals surface area contributed by atoms with Crippen molar-refractivity contribution >= 4 is 17.7 Å². The Bertz CT molecular complexity index is 1200. The number of methoxy groups -OCH3 is 2. The molecule has 0 bridgehead atoms. The van der Waals surface area contributed by atoms with Crippen LogP contribution in [0.5, 0.6) is 17.2 Å². The predicted molar refractivity (Wildman–Crippen MR) is 137 cm³/mol. The van der Waals surface area contributed by atoms with Crippen LogP contribution in [0.1, 0.15) is 54.4 Å². The number of anilines is 1. The molecule has 1 saturated heterocycles. The minimum Gasteiger partial charge on any atom is -0.496 e. The SMILES string of the molecule is COc1cc(C(=O)N2CCC(c3cnc(N)cc3OC)CC2)c(F)cc1OCC1CC(C)C1.O=C(O)C(F)(F)F. The van der Waals surface area contributed by atoms with E-state index >= 15 is 0 Å². The van der Waals surface area contributed by atoms with E-state index in [4.69, 9.17) is 29.8 Å². The lowest BCUT2D eigenvalue weighted by molar-refractivity contribution is -0.192. The summed E-state index contributed by atoms with van der Waals surface area (Å²) in [6.07, 6.45) is 0.357. The number of rotatable bonds is 7. The Hall–Kier alpha value is -3.77. The van der Waals surface area contributed by atoms with Crippen LogP contribution in [0.2, 0.25) is 0 Å². The summed E-state index contributed by atoms with van der Waals surface area (Å²) in [6.45, 7) is 3.77. The van der Waals surface area contributed by atoms with E-state index in [-0.39, 0.29) is 17.4 Å². The monoisotopic (exact) mass is 571 g/mol. The number of benzene rings is 1. The van der Waals surface area contributed by atoms with Gasteiger partial charge in [0.1, 0.15) is 17.4 Å². The number of alkyl halides is 3. The third kappa shape index (κ3) is 7.66. The van der Waals surface area contributed by atoms with E-state index in [0.717, 1.165) is 37.2 Å². The Kier molecular flexibility index (Phi) is 10.0. The Labute approximate surface area is 229 Å². The van der Waals surface area contributed by atoms with Gasteiger partial charge >= 0.3 is 12.1 Å². The number of hydrogen-bond acceptors (Lipinski definition) is 7. The molecule has 13 heteroatoms. The third-order valence-corrected chi connectivity index (χ3v) is 7.03.